The van der Waals surface area contributed by atoms with Crippen LogP contribution in [-0.4, -0.2) is 88.3 Å². The highest BCUT2D eigenvalue weighted by Crippen LogP contribution is 2.12. The van der Waals surface area contributed by atoms with Crippen molar-refractivity contribution in [3.63, 3.8) is 0 Å². The first-order valence-corrected chi connectivity index (χ1v) is 14.3. The Labute approximate surface area is 239 Å². The highest BCUT2D eigenvalue weighted by molar-refractivity contribution is 7.98. The van der Waals surface area contributed by atoms with Crippen LogP contribution < -0.4 is 16.0 Å². The fraction of sp³-hybridized carbons (Fsp3) is 0.692. The Morgan fingerprint density at radius 1 is 0.900 bits per heavy atom. The number of aromatic nitrogens is 2. The number of methoxy groups -OCH3 is 1. The van der Waals surface area contributed by atoms with E-state index in [-0.39, 0.29) is 25.7 Å². The van der Waals surface area contributed by atoms with Crippen LogP contribution in [-0.2, 0) is 39.8 Å². The lowest BCUT2D eigenvalue weighted by atomic mass is 10.1. The monoisotopic (exact) mass is 585 g/mol. The normalized spacial score (nSPS) is 13.8. The number of nitrogens with zero attached hydrogens (tertiary/aromatic N) is 1. The van der Waals surface area contributed by atoms with Crippen molar-refractivity contribution in [1.82, 2.24) is 25.9 Å². The predicted octanol–water partition coefficient (Wildman–Crippen LogP) is 1.86. The number of carbonyl (C=O) groups excluding carboxylic acids is 5. The number of alkyl carbamates (subject to hydrolysis) is 1. The summed E-state index contributed by atoms with van der Waals surface area (Å²) in [6.45, 7) is 10.2. The van der Waals surface area contributed by atoms with Crippen LogP contribution in [0.4, 0.5) is 4.79 Å². The molecule has 0 radical (unpaired) electrons. The third kappa shape index (κ3) is 14.2. The number of ether oxygens (including phenoxy) is 3. The molecule has 0 fully saturated rings. The summed E-state index contributed by atoms with van der Waals surface area (Å²) in [5.41, 5.74) is -0.945. The van der Waals surface area contributed by atoms with Crippen molar-refractivity contribution in [3.05, 3.63) is 18.2 Å². The van der Waals surface area contributed by atoms with Gasteiger partial charge in [-0.15, -0.1) is 0 Å². The summed E-state index contributed by atoms with van der Waals surface area (Å²) < 4.78 is 15.4. The van der Waals surface area contributed by atoms with Gasteiger partial charge in [0.25, 0.3) is 0 Å². The van der Waals surface area contributed by atoms with E-state index in [1.165, 1.54) is 31.4 Å². The second-order valence-electron chi connectivity index (χ2n) is 11.0. The standard InChI is InChI=1S/C26H43N5O8S/c1-25(2,3)38-20(32)10-9-17(21(33)30-19(23(35)37-7)13-16-14-27-15-28-16)29-22(34)18(11-12-40-8)31-24(36)39-26(4,5)6/h14-15,17-19H,9-13H2,1-8H3,(H,27,28)(H,29,34)(H,30,33)(H,31,36)/t17-,18+,19+/m1/s1. The molecular weight excluding hydrogens is 542 g/mol. The first-order chi connectivity index (χ1) is 18.5. The molecule has 1 aromatic rings. The molecule has 0 aromatic carbocycles. The van der Waals surface area contributed by atoms with Gasteiger partial charge >= 0.3 is 18.0 Å². The minimum absolute atomic E-state index is 0.0572. The van der Waals surface area contributed by atoms with Crippen LogP contribution in [0.3, 0.4) is 0 Å². The lowest BCUT2D eigenvalue weighted by Crippen LogP contribution is -2.56. The Balaban J connectivity index is 3.13. The Morgan fingerprint density at radius 2 is 1.48 bits per heavy atom. The number of imidazole rings is 1. The van der Waals surface area contributed by atoms with E-state index in [9.17, 15) is 24.0 Å². The summed E-state index contributed by atoms with van der Waals surface area (Å²) in [5, 5.41) is 7.77. The summed E-state index contributed by atoms with van der Waals surface area (Å²) in [4.78, 5) is 70.6. The van der Waals surface area contributed by atoms with Gasteiger partial charge in [0.05, 0.1) is 13.4 Å². The lowest BCUT2D eigenvalue weighted by molar-refractivity contribution is -0.155. The topological polar surface area (TPSA) is 178 Å². The molecule has 4 N–H and O–H groups in total. The average Bonchev–Trinajstić information content (AvgIpc) is 3.34. The SMILES string of the molecule is COC(=O)[C@H](Cc1cnc[nH]1)NC(=O)[C@@H](CCC(=O)OC(C)(C)C)NC(=O)[C@H](CCSC)NC(=O)OC(C)(C)C. The van der Waals surface area contributed by atoms with Gasteiger partial charge in [0.1, 0.15) is 29.3 Å². The molecule has 40 heavy (non-hydrogen) atoms. The van der Waals surface area contributed by atoms with E-state index in [1.807, 2.05) is 6.26 Å². The first kappa shape index (κ1) is 34.7. The van der Waals surface area contributed by atoms with E-state index < -0.39 is 59.2 Å². The minimum Gasteiger partial charge on any atom is -0.467 e. The molecule has 0 spiro atoms. The summed E-state index contributed by atoms with van der Waals surface area (Å²) in [7, 11) is 1.19. The average molecular weight is 586 g/mol. The number of thioether (sulfide) groups is 1. The highest BCUT2D eigenvalue weighted by atomic mass is 32.2. The van der Waals surface area contributed by atoms with Gasteiger partial charge in [0.15, 0.2) is 0 Å². The minimum atomic E-state index is -1.23. The molecule has 1 aromatic heterocycles. The fourth-order valence-electron chi connectivity index (χ4n) is 3.37. The number of hydrogen-bond acceptors (Lipinski definition) is 10. The molecule has 1 heterocycles. The van der Waals surface area contributed by atoms with Crippen molar-refractivity contribution in [1.29, 1.82) is 0 Å². The largest absolute Gasteiger partial charge is 0.467 e. The second kappa shape index (κ2) is 16.1. The molecule has 1 rings (SSSR count). The molecule has 3 atom stereocenters. The Hall–Kier alpha value is -3.29. The summed E-state index contributed by atoms with van der Waals surface area (Å²) >= 11 is 1.48. The molecular formula is C26H43N5O8S. The van der Waals surface area contributed by atoms with Crippen molar-refractivity contribution >= 4 is 41.6 Å². The van der Waals surface area contributed by atoms with Gasteiger partial charge in [0.2, 0.25) is 11.8 Å². The molecule has 0 bridgehead atoms. The van der Waals surface area contributed by atoms with Crippen LogP contribution in [0.25, 0.3) is 0 Å². The lowest BCUT2D eigenvalue weighted by Gasteiger charge is -2.26. The summed E-state index contributed by atoms with van der Waals surface area (Å²) in [5.74, 6) is -2.09. The number of H-pyrrole nitrogens is 1. The molecule has 0 aliphatic carbocycles. The Bertz CT molecular complexity index is 988. The highest BCUT2D eigenvalue weighted by Gasteiger charge is 2.32. The number of hydrogen-bond donors (Lipinski definition) is 4. The first-order valence-electron chi connectivity index (χ1n) is 12.9. The van der Waals surface area contributed by atoms with Crippen molar-refractivity contribution in [2.75, 3.05) is 19.1 Å². The molecule has 0 saturated heterocycles. The van der Waals surface area contributed by atoms with Gasteiger partial charge in [0, 0.05) is 24.7 Å². The van der Waals surface area contributed by atoms with E-state index in [1.54, 1.807) is 41.5 Å². The van der Waals surface area contributed by atoms with Crippen LogP contribution in [0, 0.1) is 0 Å². The van der Waals surface area contributed by atoms with Crippen molar-refractivity contribution in [2.24, 2.45) is 0 Å². The molecule has 0 unspecified atom stereocenters. The van der Waals surface area contributed by atoms with Crippen LogP contribution >= 0.6 is 11.8 Å². The Morgan fingerprint density at radius 3 is 1.98 bits per heavy atom. The van der Waals surface area contributed by atoms with Crippen LogP contribution in [0.15, 0.2) is 12.5 Å². The molecule has 226 valence electrons. The zero-order valence-corrected chi connectivity index (χ0v) is 25.4. The van der Waals surface area contributed by atoms with Crippen molar-refractivity contribution < 1.29 is 38.2 Å². The van der Waals surface area contributed by atoms with E-state index in [0.29, 0.717) is 11.4 Å². The molecule has 13 nitrogen and oxygen atoms in total. The quantitative estimate of drug-likeness (QED) is 0.186. The zero-order valence-electron chi connectivity index (χ0n) is 24.5. The van der Waals surface area contributed by atoms with Gasteiger partial charge in [-0.3, -0.25) is 14.4 Å². The third-order valence-electron chi connectivity index (χ3n) is 5.09. The smallest absolute Gasteiger partial charge is 0.408 e. The number of nitrogens with one attached hydrogen (secondary N) is 4. The number of aromatic amines is 1. The van der Waals surface area contributed by atoms with Gasteiger partial charge in [-0.05, 0) is 66.4 Å². The fourth-order valence-corrected chi connectivity index (χ4v) is 3.85. The summed E-state index contributed by atoms with van der Waals surface area (Å²) in [6, 6.07) is -3.34. The van der Waals surface area contributed by atoms with Crippen LogP contribution in [0.5, 0.6) is 0 Å². The number of amides is 3. The Kier molecular flexibility index (Phi) is 14.0. The van der Waals surface area contributed by atoms with E-state index >= 15 is 0 Å². The molecule has 0 aliphatic rings. The summed E-state index contributed by atoms with van der Waals surface area (Å²) in [6.07, 6.45) is 4.02. The second-order valence-corrected chi connectivity index (χ2v) is 12.0. The maximum atomic E-state index is 13.4. The maximum absolute atomic E-state index is 13.4. The molecule has 0 aliphatic heterocycles. The van der Waals surface area contributed by atoms with E-state index in [4.69, 9.17) is 14.2 Å². The van der Waals surface area contributed by atoms with Crippen LogP contribution in [0.1, 0.15) is 66.5 Å². The van der Waals surface area contributed by atoms with E-state index in [2.05, 4.69) is 25.9 Å². The van der Waals surface area contributed by atoms with Gasteiger partial charge < -0.3 is 35.1 Å². The van der Waals surface area contributed by atoms with Crippen LogP contribution in [0.2, 0.25) is 0 Å². The van der Waals surface area contributed by atoms with Crippen molar-refractivity contribution in [2.45, 2.75) is 96.6 Å². The zero-order chi connectivity index (χ0) is 30.5. The van der Waals surface area contributed by atoms with E-state index in [0.717, 1.165) is 0 Å². The van der Waals surface area contributed by atoms with Gasteiger partial charge in [-0.25, -0.2) is 14.6 Å². The maximum Gasteiger partial charge on any atom is 0.408 e. The van der Waals surface area contributed by atoms with Crippen molar-refractivity contribution in [3.8, 4) is 0 Å². The molecule has 14 heteroatoms. The number of rotatable bonds is 14. The third-order valence-corrected chi connectivity index (χ3v) is 5.73. The van der Waals surface area contributed by atoms with Gasteiger partial charge in [-0.1, -0.05) is 0 Å². The predicted molar refractivity (Wildman–Crippen MR) is 149 cm³/mol. The number of esters is 2. The molecule has 0 saturated carbocycles. The number of carbonyl (C=O) groups is 5. The molecule has 3 amide bonds. The van der Waals surface area contributed by atoms with Gasteiger partial charge in [-0.2, -0.15) is 11.8 Å².